The lowest BCUT2D eigenvalue weighted by atomic mass is 9.76. The molecule has 1 rings (SSSR count). The Balaban J connectivity index is 2.15. The molecule has 1 aliphatic rings. The van der Waals surface area contributed by atoms with Crippen molar-refractivity contribution in [1.29, 1.82) is 0 Å². The molecule has 1 saturated carbocycles. The van der Waals surface area contributed by atoms with E-state index in [1.54, 1.807) is 0 Å². The van der Waals surface area contributed by atoms with E-state index in [1.165, 1.54) is 32.1 Å². The fourth-order valence-electron chi connectivity index (χ4n) is 2.31. The average molecular weight is 307 g/mol. The Labute approximate surface area is 115 Å². The van der Waals surface area contributed by atoms with Gasteiger partial charge < -0.3 is 9.47 Å². The van der Waals surface area contributed by atoms with Crippen molar-refractivity contribution in [2.45, 2.75) is 58.5 Å². The molecule has 1 aliphatic carbocycles. The molecule has 0 aromatic rings. The van der Waals surface area contributed by atoms with Crippen molar-refractivity contribution in [3.05, 3.63) is 0 Å². The molecule has 0 saturated heterocycles. The third-order valence-corrected chi connectivity index (χ3v) is 4.56. The zero-order valence-corrected chi connectivity index (χ0v) is 13.1. The monoisotopic (exact) mass is 306 g/mol. The highest BCUT2D eigenvalue weighted by Gasteiger charge is 2.31. The summed E-state index contributed by atoms with van der Waals surface area (Å²) < 4.78 is 11.5. The Morgan fingerprint density at radius 2 is 1.71 bits per heavy atom. The maximum atomic E-state index is 5.81. The molecule has 0 aromatic heterocycles. The van der Waals surface area contributed by atoms with E-state index in [9.17, 15) is 0 Å². The van der Waals surface area contributed by atoms with Gasteiger partial charge in [0, 0.05) is 10.7 Å². The van der Waals surface area contributed by atoms with Crippen LogP contribution in [0.3, 0.4) is 0 Å². The van der Waals surface area contributed by atoms with Gasteiger partial charge in [0.15, 0.2) is 0 Å². The largest absolute Gasteiger partial charge is 0.378 e. The highest BCUT2D eigenvalue weighted by molar-refractivity contribution is 9.09. The van der Waals surface area contributed by atoms with Crippen LogP contribution < -0.4 is 0 Å². The summed E-state index contributed by atoms with van der Waals surface area (Å²) in [5.74, 6) is 0. The highest BCUT2D eigenvalue weighted by Crippen LogP contribution is 2.38. The van der Waals surface area contributed by atoms with Gasteiger partial charge in [0.1, 0.15) is 0 Å². The van der Waals surface area contributed by atoms with Gasteiger partial charge in [0.2, 0.25) is 0 Å². The maximum Gasteiger partial charge on any atom is 0.0707 e. The Bertz CT molecular complexity index is 205. The van der Waals surface area contributed by atoms with Crippen LogP contribution in [-0.2, 0) is 9.47 Å². The van der Waals surface area contributed by atoms with Gasteiger partial charge in [0.05, 0.1) is 25.4 Å². The molecule has 17 heavy (non-hydrogen) atoms. The molecule has 0 heterocycles. The molecule has 2 nitrogen and oxygen atoms in total. The van der Waals surface area contributed by atoms with E-state index in [2.05, 4.69) is 36.7 Å². The Morgan fingerprint density at radius 3 is 2.24 bits per heavy atom. The van der Waals surface area contributed by atoms with Crippen LogP contribution in [0.4, 0.5) is 0 Å². The van der Waals surface area contributed by atoms with E-state index in [0.717, 1.165) is 11.9 Å². The standard InChI is InChI=1S/C14H27BrO2/c1-13(2,3)17-10-9-16-12-14(11-15)7-5-4-6-8-14/h4-12H2,1-3H3. The number of halogens is 1. The van der Waals surface area contributed by atoms with Crippen LogP contribution in [0.5, 0.6) is 0 Å². The molecular weight excluding hydrogens is 280 g/mol. The van der Waals surface area contributed by atoms with Gasteiger partial charge in [0.25, 0.3) is 0 Å². The normalized spacial score (nSPS) is 20.5. The summed E-state index contributed by atoms with van der Waals surface area (Å²) in [7, 11) is 0. The van der Waals surface area contributed by atoms with Crippen molar-refractivity contribution in [3.63, 3.8) is 0 Å². The predicted molar refractivity (Wildman–Crippen MR) is 75.8 cm³/mol. The fourth-order valence-corrected chi connectivity index (χ4v) is 3.04. The molecule has 0 spiro atoms. The quantitative estimate of drug-likeness (QED) is 0.542. The van der Waals surface area contributed by atoms with Crippen molar-refractivity contribution in [1.82, 2.24) is 0 Å². The van der Waals surface area contributed by atoms with Crippen LogP contribution in [0.15, 0.2) is 0 Å². The molecular formula is C14H27BrO2. The smallest absolute Gasteiger partial charge is 0.0707 e. The molecule has 0 amide bonds. The Hall–Kier alpha value is 0.400. The lowest BCUT2D eigenvalue weighted by Crippen LogP contribution is -2.32. The summed E-state index contributed by atoms with van der Waals surface area (Å²) in [6, 6.07) is 0. The lowest BCUT2D eigenvalue weighted by Gasteiger charge is -2.35. The maximum absolute atomic E-state index is 5.81. The third kappa shape index (κ3) is 6.21. The van der Waals surface area contributed by atoms with Crippen LogP contribution in [0.1, 0.15) is 52.9 Å². The second-order valence-electron chi connectivity index (χ2n) is 6.21. The van der Waals surface area contributed by atoms with Crippen LogP contribution in [0.25, 0.3) is 0 Å². The summed E-state index contributed by atoms with van der Waals surface area (Å²) in [5.41, 5.74) is 0.335. The van der Waals surface area contributed by atoms with Gasteiger partial charge in [-0.05, 0) is 33.6 Å². The number of alkyl halides is 1. The van der Waals surface area contributed by atoms with Crippen molar-refractivity contribution in [2.75, 3.05) is 25.2 Å². The first-order valence-electron chi connectivity index (χ1n) is 6.75. The fraction of sp³-hybridized carbons (Fsp3) is 1.00. The topological polar surface area (TPSA) is 18.5 Å². The highest BCUT2D eigenvalue weighted by atomic mass is 79.9. The van der Waals surface area contributed by atoms with E-state index in [4.69, 9.17) is 9.47 Å². The molecule has 3 heteroatoms. The van der Waals surface area contributed by atoms with E-state index in [-0.39, 0.29) is 5.60 Å². The van der Waals surface area contributed by atoms with E-state index < -0.39 is 0 Å². The molecule has 0 aliphatic heterocycles. The van der Waals surface area contributed by atoms with Crippen molar-refractivity contribution < 1.29 is 9.47 Å². The number of hydrogen-bond acceptors (Lipinski definition) is 2. The second-order valence-corrected chi connectivity index (χ2v) is 6.77. The molecule has 0 N–H and O–H groups in total. The summed E-state index contributed by atoms with van der Waals surface area (Å²) in [6.07, 6.45) is 6.71. The Morgan fingerprint density at radius 1 is 1.06 bits per heavy atom. The summed E-state index contributed by atoms with van der Waals surface area (Å²) in [5, 5.41) is 1.07. The second kappa shape index (κ2) is 7.10. The zero-order valence-electron chi connectivity index (χ0n) is 11.6. The third-order valence-electron chi connectivity index (χ3n) is 3.37. The van der Waals surface area contributed by atoms with Crippen molar-refractivity contribution in [2.24, 2.45) is 5.41 Å². The number of rotatable bonds is 6. The summed E-state index contributed by atoms with van der Waals surface area (Å²) >= 11 is 3.66. The van der Waals surface area contributed by atoms with Gasteiger partial charge in [-0.2, -0.15) is 0 Å². The first-order chi connectivity index (χ1) is 7.97. The summed E-state index contributed by atoms with van der Waals surface area (Å²) in [4.78, 5) is 0. The molecule has 0 atom stereocenters. The molecule has 1 fully saturated rings. The minimum absolute atomic E-state index is 0.0543. The van der Waals surface area contributed by atoms with Crippen molar-refractivity contribution >= 4 is 15.9 Å². The van der Waals surface area contributed by atoms with Crippen LogP contribution in [0, 0.1) is 5.41 Å². The first kappa shape index (κ1) is 15.5. The molecule has 0 bridgehead atoms. The van der Waals surface area contributed by atoms with E-state index in [0.29, 0.717) is 18.6 Å². The minimum atomic E-state index is -0.0543. The van der Waals surface area contributed by atoms with Gasteiger partial charge in [-0.25, -0.2) is 0 Å². The van der Waals surface area contributed by atoms with Gasteiger partial charge >= 0.3 is 0 Å². The SMILES string of the molecule is CC(C)(C)OCCOCC1(CBr)CCCCC1. The predicted octanol–water partition coefficient (Wildman–Crippen LogP) is 4.16. The molecule has 0 aromatic carbocycles. The van der Waals surface area contributed by atoms with Gasteiger partial charge in [-0.15, -0.1) is 0 Å². The van der Waals surface area contributed by atoms with Gasteiger partial charge in [-0.3, -0.25) is 0 Å². The number of hydrogen-bond donors (Lipinski definition) is 0. The zero-order chi connectivity index (χ0) is 12.8. The summed E-state index contributed by atoms with van der Waals surface area (Å²) in [6.45, 7) is 8.52. The van der Waals surface area contributed by atoms with Crippen molar-refractivity contribution in [3.8, 4) is 0 Å². The lowest BCUT2D eigenvalue weighted by molar-refractivity contribution is -0.0500. The van der Waals surface area contributed by atoms with E-state index in [1.807, 2.05) is 0 Å². The molecule has 0 unspecified atom stereocenters. The minimum Gasteiger partial charge on any atom is -0.378 e. The van der Waals surface area contributed by atoms with Crippen LogP contribution >= 0.6 is 15.9 Å². The number of ether oxygens (including phenoxy) is 2. The van der Waals surface area contributed by atoms with E-state index >= 15 is 0 Å². The Kier molecular flexibility index (Phi) is 6.46. The van der Waals surface area contributed by atoms with Crippen LogP contribution in [-0.4, -0.2) is 30.8 Å². The average Bonchev–Trinajstić information content (AvgIpc) is 2.28. The first-order valence-corrected chi connectivity index (χ1v) is 7.87. The molecule has 0 radical (unpaired) electrons. The molecule has 102 valence electrons. The van der Waals surface area contributed by atoms with Gasteiger partial charge in [-0.1, -0.05) is 35.2 Å². The van der Waals surface area contributed by atoms with Crippen LogP contribution in [0.2, 0.25) is 0 Å².